The fourth-order valence-corrected chi connectivity index (χ4v) is 1.87. The number of hydrogen-bond acceptors (Lipinski definition) is 2. The van der Waals surface area contributed by atoms with Gasteiger partial charge in [0.25, 0.3) is 0 Å². The first-order valence-electron chi connectivity index (χ1n) is 6.67. The van der Waals surface area contributed by atoms with Crippen molar-refractivity contribution in [3.8, 4) is 11.8 Å². The van der Waals surface area contributed by atoms with Crippen LogP contribution in [-0.4, -0.2) is 10.1 Å². The lowest BCUT2D eigenvalue weighted by Gasteiger charge is -2.18. The van der Waals surface area contributed by atoms with Gasteiger partial charge in [0.15, 0.2) is 0 Å². The second-order valence-electron chi connectivity index (χ2n) is 5.77. The minimum atomic E-state index is -0.0409. The third-order valence-electron chi connectivity index (χ3n) is 3.17. The highest BCUT2D eigenvalue weighted by Crippen LogP contribution is 2.21. The average Bonchev–Trinajstić information content (AvgIpc) is 2.45. The lowest BCUT2D eigenvalue weighted by atomic mass is 9.87. The number of benzene rings is 1. The summed E-state index contributed by atoms with van der Waals surface area (Å²) in [5.41, 5.74) is 4.00. The average molecular weight is 265 g/mol. The Morgan fingerprint density at radius 1 is 1.05 bits per heavy atom. The van der Waals surface area contributed by atoms with E-state index in [-0.39, 0.29) is 12.0 Å². The first kappa shape index (κ1) is 14.3. The van der Waals surface area contributed by atoms with E-state index in [0.29, 0.717) is 0 Å². The van der Waals surface area contributed by atoms with Crippen molar-refractivity contribution >= 4 is 0 Å². The fraction of sp³-hybridized carbons (Fsp3) is 0.278. The quantitative estimate of drug-likeness (QED) is 0.803. The summed E-state index contributed by atoms with van der Waals surface area (Å²) in [5.74, 6) is 6.21. The van der Waals surface area contributed by atoms with Crippen LogP contribution in [0.25, 0.3) is 0 Å². The Labute approximate surface area is 120 Å². The molecule has 0 amide bonds. The van der Waals surface area contributed by atoms with E-state index in [2.05, 4.69) is 49.7 Å². The minimum Gasteiger partial charge on any atom is -0.392 e. The Balaban J connectivity index is 2.25. The summed E-state index contributed by atoms with van der Waals surface area (Å²) in [6, 6.07) is 10.1. The van der Waals surface area contributed by atoms with Crippen molar-refractivity contribution in [2.24, 2.45) is 0 Å². The highest BCUT2D eigenvalue weighted by molar-refractivity contribution is 5.46. The lowest BCUT2D eigenvalue weighted by Crippen LogP contribution is -2.10. The van der Waals surface area contributed by atoms with E-state index in [9.17, 15) is 5.11 Å². The maximum absolute atomic E-state index is 9.23. The van der Waals surface area contributed by atoms with Crippen molar-refractivity contribution in [3.05, 3.63) is 65.0 Å². The molecular weight excluding hydrogens is 246 g/mol. The van der Waals surface area contributed by atoms with Gasteiger partial charge in [-0.3, -0.25) is 4.98 Å². The molecule has 2 heteroatoms. The zero-order valence-electron chi connectivity index (χ0n) is 12.1. The number of aromatic nitrogens is 1. The van der Waals surface area contributed by atoms with Gasteiger partial charge in [-0.25, -0.2) is 0 Å². The second kappa shape index (κ2) is 5.90. The largest absolute Gasteiger partial charge is 0.392 e. The molecule has 0 saturated heterocycles. The van der Waals surface area contributed by atoms with E-state index in [1.54, 1.807) is 12.4 Å². The van der Waals surface area contributed by atoms with E-state index in [1.807, 2.05) is 18.2 Å². The van der Waals surface area contributed by atoms with Gasteiger partial charge in [-0.2, -0.15) is 0 Å². The molecule has 20 heavy (non-hydrogen) atoms. The highest BCUT2D eigenvalue weighted by Gasteiger charge is 2.12. The van der Waals surface area contributed by atoms with Crippen LogP contribution in [0.4, 0.5) is 0 Å². The Hall–Kier alpha value is -2.11. The van der Waals surface area contributed by atoms with Gasteiger partial charge in [0.05, 0.1) is 6.61 Å². The van der Waals surface area contributed by atoms with Gasteiger partial charge in [0.2, 0.25) is 0 Å². The van der Waals surface area contributed by atoms with Crippen molar-refractivity contribution in [2.45, 2.75) is 32.8 Å². The Bertz CT molecular complexity index is 640. The van der Waals surface area contributed by atoms with Crippen LogP contribution in [0.1, 0.15) is 43.0 Å². The summed E-state index contributed by atoms with van der Waals surface area (Å²) in [6.45, 7) is 6.54. The normalized spacial score (nSPS) is 10.8. The molecule has 0 spiro atoms. The van der Waals surface area contributed by atoms with Gasteiger partial charge in [-0.15, -0.1) is 0 Å². The molecule has 1 heterocycles. The van der Waals surface area contributed by atoms with E-state index in [0.717, 1.165) is 16.7 Å². The third-order valence-corrected chi connectivity index (χ3v) is 3.17. The number of pyridine rings is 1. The number of aliphatic hydroxyl groups excluding tert-OH is 1. The van der Waals surface area contributed by atoms with Gasteiger partial charge in [-0.1, -0.05) is 44.7 Å². The van der Waals surface area contributed by atoms with Crippen LogP contribution in [0, 0.1) is 11.8 Å². The van der Waals surface area contributed by atoms with Crippen LogP contribution in [0.2, 0.25) is 0 Å². The standard InChI is InChI=1S/C18H19NO/c1-18(2,3)17-8-5-14(6-9-17)4-7-15-10-11-19-12-16(15)13-20/h5-6,8-12,20H,13H2,1-3H3. The second-order valence-corrected chi connectivity index (χ2v) is 5.77. The first-order valence-corrected chi connectivity index (χ1v) is 6.67. The Morgan fingerprint density at radius 2 is 1.75 bits per heavy atom. The summed E-state index contributed by atoms with van der Waals surface area (Å²) < 4.78 is 0. The summed E-state index contributed by atoms with van der Waals surface area (Å²) >= 11 is 0. The van der Waals surface area contributed by atoms with E-state index >= 15 is 0 Å². The molecule has 102 valence electrons. The van der Waals surface area contributed by atoms with Crippen molar-refractivity contribution < 1.29 is 5.11 Å². The van der Waals surface area contributed by atoms with E-state index in [1.165, 1.54) is 5.56 Å². The molecular formula is C18H19NO. The molecule has 2 rings (SSSR count). The molecule has 1 aromatic carbocycles. The van der Waals surface area contributed by atoms with Gasteiger partial charge >= 0.3 is 0 Å². The van der Waals surface area contributed by atoms with Crippen LogP contribution in [0.15, 0.2) is 42.7 Å². The zero-order chi connectivity index (χ0) is 14.6. The van der Waals surface area contributed by atoms with Crippen LogP contribution < -0.4 is 0 Å². The van der Waals surface area contributed by atoms with Gasteiger partial charge in [-0.05, 0) is 29.2 Å². The molecule has 0 saturated carbocycles. The topological polar surface area (TPSA) is 33.1 Å². The van der Waals surface area contributed by atoms with E-state index < -0.39 is 0 Å². The predicted molar refractivity (Wildman–Crippen MR) is 81.3 cm³/mol. The van der Waals surface area contributed by atoms with Crippen LogP contribution in [-0.2, 0) is 12.0 Å². The summed E-state index contributed by atoms with van der Waals surface area (Å²) in [5, 5.41) is 9.23. The SMILES string of the molecule is CC(C)(C)c1ccc(C#Cc2ccncc2CO)cc1. The molecule has 0 radical (unpaired) electrons. The number of aliphatic hydroxyl groups is 1. The fourth-order valence-electron chi connectivity index (χ4n) is 1.87. The van der Waals surface area contributed by atoms with Crippen LogP contribution >= 0.6 is 0 Å². The smallest absolute Gasteiger partial charge is 0.0709 e. The maximum Gasteiger partial charge on any atom is 0.0709 e. The van der Waals surface area contributed by atoms with Gasteiger partial charge < -0.3 is 5.11 Å². The molecule has 2 nitrogen and oxygen atoms in total. The maximum atomic E-state index is 9.23. The summed E-state index contributed by atoms with van der Waals surface area (Å²) in [4.78, 5) is 3.98. The first-order chi connectivity index (χ1) is 9.50. The van der Waals surface area contributed by atoms with Crippen molar-refractivity contribution in [1.29, 1.82) is 0 Å². The molecule has 0 aliphatic heterocycles. The molecule has 0 aliphatic carbocycles. The highest BCUT2D eigenvalue weighted by atomic mass is 16.3. The lowest BCUT2D eigenvalue weighted by molar-refractivity contribution is 0.281. The van der Waals surface area contributed by atoms with Crippen molar-refractivity contribution in [2.75, 3.05) is 0 Å². The van der Waals surface area contributed by atoms with Gasteiger partial charge in [0, 0.05) is 29.1 Å². The number of hydrogen-bond donors (Lipinski definition) is 1. The molecule has 1 aromatic heterocycles. The Morgan fingerprint density at radius 3 is 2.35 bits per heavy atom. The van der Waals surface area contributed by atoms with Crippen molar-refractivity contribution in [1.82, 2.24) is 4.98 Å². The molecule has 0 atom stereocenters. The van der Waals surface area contributed by atoms with Gasteiger partial charge in [0.1, 0.15) is 0 Å². The van der Waals surface area contributed by atoms with Crippen LogP contribution in [0.3, 0.4) is 0 Å². The molecule has 0 unspecified atom stereocenters. The molecule has 2 aromatic rings. The van der Waals surface area contributed by atoms with Crippen molar-refractivity contribution in [3.63, 3.8) is 0 Å². The molecule has 0 aliphatic rings. The third kappa shape index (κ3) is 3.46. The molecule has 1 N–H and O–H groups in total. The summed E-state index contributed by atoms with van der Waals surface area (Å²) in [6.07, 6.45) is 3.33. The number of nitrogens with zero attached hydrogens (tertiary/aromatic N) is 1. The minimum absolute atomic E-state index is 0.0409. The molecule has 0 bridgehead atoms. The predicted octanol–water partition coefficient (Wildman–Crippen LogP) is 3.27. The monoisotopic (exact) mass is 265 g/mol. The zero-order valence-corrected chi connectivity index (χ0v) is 12.1. The molecule has 0 fully saturated rings. The number of rotatable bonds is 1. The van der Waals surface area contributed by atoms with E-state index in [4.69, 9.17) is 0 Å². The Kier molecular flexibility index (Phi) is 4.22. The summed E-state index contributed by atoms with van der Waals surface area (Å²) in [7, 11) is 0. The van der Waals surface area contributed by atoms with Crippen LogP contribution in [0.5, 0.6) is 0 Å².